The van der Waals surface area contributed by atoms with Crippen LogP contribution in [0, 0.1) is 0 Å². The summed E-state index contributed by atoms with van der Waals surface area (Å²) in [5.74, 6) is 2.52. The van der Waals surface area contributed by atoms with Crippen LogP contribution in [0.25, 0.3) is 0 Å². The SMILES string of the molecule is CCOCCN=C(NCCc1ccco1)Nc1ccc(OC(C)C)cc1.I. The number of anilines is 1. The molecule has 0 bridgehead atoms. The molecule has 6 nitrogen and oxygen atoms in total. The van der Waals surface area contributed by atoms with E-state index in [4.69, 9.17) is 13.9 Å². The molecule has 0 atom stereocenters. The van der Waals surface area contributed by atoms with Crippen molar-refractivity contribution in [1.29, 1.82) is 0 Å². The zero-order valence-electron chi connectivity index (χ0n) is 16.2. The molecule has 0 aliphatic carbocycles. The van der Waals surface area contributed by atoms with Gasteiger partial charge in [-0.1, -0.05) is 0 Å². The summed E-state index contributed by atoms with van der Waals surface area (Å²) < 4.78 is 16.4. The quantitative estimate of drug-likeness (QED) is 0.226. The van der Waals surface area contributed by atoms with Crippen LogP contribution < -0.4 is 15.4 Å². The Balaban J connectivity index is 0.00000364. The minimum Gasteiger partial charge on any atom is -0.491 e. The van der Waals surface area contributed by atoms with Crippen molar-refractivity contribution in [2.45, 2.75) is 33.3 Å². The number of hydrogen-bond acceptors (Lipinski definition) is 4. The van der Waals surface area contributed by atoms with Gasteiger partial charge in [0.25, 0.3) is 0 Å². The Morgan fingerprint density at radius 3 is 2.59 bits per heavy atom. The Labute approximate surface area is 178 Å². The molecule has 0 radical (unpaired) electrons. The van der Waals surface area contributed by atoms with Crippen LogP contribution in [0.2, 0.25) is 0 Å². The van der Waals surface area contributed by atoms with Gasteiger partial charge in [0.05, 0.1) is 25.5 Å². The van der Waals surface area contributed by atoms with Crippen LogP contribution in [-0.4, -0.2) is 38.4 Å². The van der Waals surface area contributed by atoms with Gasteiger partial charge in [-0.25, -0.2) is 0 Å². The van der Waals surface area contributed by atoms with Gasteiger partial charge in [-0.3, -0.25) is 4.99 Å². The molecule has 1 aromatic heterocycles. The van der Waals surface area contributed by atoms with Crippen molar-refractivity contribution in [3.05, 3.63) is 48.4 Å². The standard InChI is InChI=1S/C20H29N3O3.HI/c1-4-24-15-13-22-20(21-12-11-18-6-5-14-25-18)23-17-7-9-19(10-8-17)26-16(2)3;/h5-10,14,16H,4,11-13,15H2,1-3H3,(H2,21,22,23);1H. The van der Waals surface area contributed by atoms with Crippen molar-refractivity contribution in [3.8, 4) is 5.75 Å². The van der Waals surface area contributed by atoms with Crippen molar-refractivity contribution in [3.63, 3.8) is 0 Å². The van der Waals surface area contributed by atoms with E-state index in [1.54, 1.807) is 6.26 Å². The lowest BCUT2D eigenvalue weighted by molar-refractivity contribution is 0.156. The van der Waals surface area contributed by atoms with Crippen molar-refractivity contribution in [2.24, 2.45) is 4.99 Å². The molecule has 1 aromatic carbocycles. The second-order valence-electron chi connectivity index (χ2n) is 6.00. The highest BCUT2D eigenvalue weighted by atomic mass is 127. The first-order valence-corrected chi connectivity index (χ1v) is 9.09. The monoisotopic (exact) mass is 487 g/mol. The summed E-state index contributed by atoms with van der Waals surface area (Å²) in [6, 6.07) is 11.7. The molecular formula is C20H30IN3O3. The molecule has 150 valence electrons. The van der Waals surface area contributed by atoms with E-state index in [0.29, 0.717) is 25.7 Å². The van der Waals surface area contributed by atoms with Gasteiger partial charge < -0.3 is 24.5 Å². The third kappa shape index (κ3) is 9.67. The van der Waals surface area contributed by atoms with Crippen molar-refractivity contribution in [1.82, 2.24) is 5.32 Å². The minimum absolute atomic E-state index is 0. The van der Waals surface area contributed by atoms with Gasteiger partial charge in [0, 0.05) is 25.3 Å². The van der Waals surface area contributed by atoms with Gasteiger partial charge in [0.15, 0.2) is 5.96 Å². The van der Waals surface area contributed by atoms with Crippen molar-refractivity contribution in [2.75, 3.05) is 31.6 Å². The lowest BCUT2D eigenvalue weighted by Crippen LogP contribution is -2.32. The second-order valence-corrected chi connectivity index (χ2v) is 6.00. The van der Waals surface area contributed by atoms with Gasteiger partial charge in [-0.05, 0) is 57.2 Å². The number of hydrogen-bond donors (Lipinski definition) is 2. The fraction of sp³-hybridized carbons (Fsp3) is 0.450. The van der Waals surface area contributed by atoms with Crippen LogP contribution in [0.5, 0.6) is 5.75 Å². The van der Waals surface area contributed by atoms with Crippen LogP contribution in [0.4, 0.5) is 5.69 Å². The first-order chi connectivity index (χ1) is 12.7. The van der Waals surface area contributed by atoms with E-state index < -0.39 is 0 Å². The summed E-state index contributed by atoms with van der Waals surface area (Å²) in [7, 11) is 0. The number of rotatable bonds is 10. The van der Waals surface area contributed by atoms with Gasteiger partial charge in [0.2, 0.25) is 0 Å². The van der Waals surface area contributed by atoms with Crippen LogP contribution >= 0.6 is 24.0 Å². The number of ether oxygens (including phenoxy) is 2. The van der Waals surface area contributed by atoms with E-state index in [9.17, 15) is 0 Å². The van der Waals surface area contributed by atoms with Gasteiger partial charge in [-0.15, -0.1) is 24.0 Å². The molecule has 1 heterocycles. The van der Waals surface area contributed by atoms with E-state index in [1.807, 2.05) is 57.2 Å². The summed E-state index contributed by atoms with van der Waals surface area (Å²) in [5, 5.41) is 6.64. The molecule has 0 aliphatic heterocycles. The topological polar surface area (TPSA) is 68.0 Å². The molecule has 0 amide bonds. The number of benzene rings is 1. The molecule has 27 heavy (non-hydrogen) atoms. The van der Waals surface area contributed by atoms with Crippen molar-refractivity contribution >= 4 is 35.6 Å². The number of aliphatic imine (C=N–C) groups is 1. The van der Waals surface area contributed by atoms with E-state index in [-0.39, 0.29) is 30.1 Å². The van der Waals surface area contributed by atoms with Crippen molar-refractivity contribution < 1.29 is 13.9 Å². The van der Waals surface area contributed by atoms with E-state index in [0.717, 1.165) is 30.2 Å². The fourth-order valence-electron chi connectivity index (χ4n) is 2.29. The third-order valence-electron chi connectivity index (χ3n) is 3.44. The third-order valence-corrected chi connectivity index (χ3v) is 3.44. The Morgan fingerprint density at radius 1 is 1.19 bits per heavy atom. The van der Waals surface area contributed by atoms with Gasteiger partial charge in [0.1, 0.15) is 11.5 Å². The first kappa shape index (κ1) is 23.3. The maximum absolute atomic E-state index is 5.67. The van der Waals surface area contributed by atoms with Crippen LogP contribution in [0.3, 0.4) is 0 Å². The number of furan rings is 1. The summed E-state index contributed by atoms with van der Waals surface area (Å²) in [6.45, 7) is 8.62. The number of halogens is 1. The number of nitrogens with one attached hydrogen (secondary N) is 2. The molecule has 7 heteroatoms. The molecular weight excluding hydrogens is 457 g/mol. The molecule has 2 aromatic rings. The second kappa shape index (κ2) is 13.4. The minimum atomic E-state index is 0. The predicted octanol–water partition coefficient (Wildman–Crippen LogP) is 4.32. The van der Waals surface area contributed by atoms with Gasteiger partial charge >= 0.3 is 0 Å². The highest BCUT2D eigenvalue weighted by Gasteiger charge is 2.03. The first-order valence-electron chi connectivity index (χ1n) is 9.09. The smallest absolute Gasteiger partial charge is 0.195 e. The molecule has 0 unspecified atom stereocenters. The lowest BCUT2D eigenvalue weighted by Gasteiger charge is -2.14. The summed E-state index contributed by atoms with van der Waals surface area (Å²) in [6.07, 6.45) is 2.64. The molecule has 0 saturated heterocycles. The normalized spacial score (nSPS) is 11.2. The highest BCUT2D eigenvalue weighted by molar-refractivity contribution is 14.0. The molecule has 2 N–H and O–H groups in total. The highest BCUT2D eigenvalue weighted by Crippen LogP contribution is 2.16. The summed E-state index contributed by atoms with van der Waals surface area (Å²) in [5.41, 5.74) is 0.946. The zero-order valence-corrected chi connectivity index (χ0v) is 18.6. The zero-order chi connectivity index (χ0) is 18.6. The van der Waals surface area contributed by atoms with E-state index in [2.05, 4.69) is 15.6 Å². The average Bonchev–Trinajstić information content (AvgIpc) is 3.13. The van der Waals surface area contributed by atoms with Crippen LogP contribution in [-0.2, 0) is 11.2 Å². The predicted molar refractivity (Wildman–Crippen MR) is 120 cm³/mol. The lowest BCUT2D eigenvalue weighted by atomic mass is 10.3. The largest absolute Gasteiger partial charge is 0.491 e. The maximum Gasteiger partial charge on any atom is 0.195 e. The number of guanidine groups is 1. The Hall–Kier alpha value is -1.74. The Bertz CT molecular complexity index is 643. The fourth-order valence-corrected chi connectivity index (χ4v) is 2.29. The summed E-state index contributed by atoms with van der Waals surface area (Å²) in [4.78, 5) is 4.55. The van der Waals surface area contributed by atoms with E-state index >= 15 is 0 Å². The molecule has 0 aliphatic rings. The van der Waals surface area contributed by atoms with Crippen LogP contribution in [0.1, 0.15) is 26.5 Å². The average molecular weight is 487 g/mol. The molecule has 0 spiro atoms. The van der Waals surface area contributed by atoms with Gasteiger partial charge in [-0.2, -0.15) is 0 Å². The summed E-state index contributed by atoms with van der Waals surface area (Å²) >= 11 is 0. The van der Waals surface area contributed by atoms with E-state index in [1.165, 1.54) is 0 Å². The van der Waals surface area contributed by atoms with Crippen LogP contribution in [0.15, 0.2) is 52.1 Å². The Kier molecular flexibility index (Phi) is 11.6. The number of nitrogens with zero attached hydrogens (tertiary/aromatic N) is 1. The Morgan fingerprint density at radius 2 is 1.96 bits per heavy atom. The molecule has 0 saturated carbocycles. The molecule has 0 fully saturated rings. The maximum atomic E-state index is 5.67. The molecule has 2 rings (SSSR count).